The fourth-order valence-electron chi connectivity index (χ4n) is 0.780. The van der Waals surface area contributed by atoms with Crippen LogP contribution in [0.1, 0.15) is 5.82 Å². The maximum atomic E-state index is 8.42. The number of fused-ring (bicyclic) bond motifs is 1. The van der Waals surface area contributed by atoms with E-state index >= 15 is 0 Å². The predicted octanol–water partition coefficient (Wildman–Crippen LogP) is -0.00402. The minimum Gasteiger partial charge on any atom is -0.220 e. The molecule has 11 heavy (non-hydrogen) atoms. The Morgan fingerprint density at radius 1 is 1.55 bits per heavy atom. The Labute approximate surface area is 61.9 Å². The van der Waals surface area contributed by atoms with Gasteiger partial charge in [-0.2, -0.15) is 10.2 Å². The number of rotatable bonds is 0. The molecule has 2 aromatic heterocycles. The molecule has 0 spiro atoms. The van der Waals surface area contributed by atoms with Gasteiger partial charge in [0, 0.05) is 12.4 Å². The van der Waals surface area contributed by atoms with Crippen LogP contribution in [0.5, 0.6) is 0 Å². The van der Waals surface area contributed by atoms with Crippen LogP contribution in [-0.2, 0) is 0 Å². The summed E-state index contributed by atoms with van der Waals surface area (Å²) in [5.41, 5.74) is 0. The van der Waals surface area contributed by atoms with Crippen molar-refractivity contribution < 1.29 is 0 Å². The van der Waals surface area contributed by atoms with E-state index in [1.807, 2.05) is 6.07 Å². The Balaban J connectivity index is 2.81. The number of hydrogen-bond acceptors (Lipinski definition) is 4. The average molecular weight is 145 g/mol. The van der Waals surface area contributed by atoms with Crippen molar-refractivity contribution in [3.8, 4) is 6.07 Å². The van der Waals surface area contributed by atoms with Crippen LogP contribution in [0.2, 0.25) is 0 Å². The van der Waals surface area contributed by atoms with Crippen LogP contribution in [0.15, 0.2) is 18.5 Å². The average Bonchev–Trinajstić information content (AvgIpc) is 2.46. The normalized spacial score (nSPS) is 9.73. The highest BCUT2D eigenvalue weighted by Gasteiger charge is 1.99. The summed E-state index contributed by atoms with van der Waals surface area (Å²) < 4.78 is 1.46. The molecule has 0 aliphatic heterocycles. The highest BCUT2D eigenvalue weighted by atomic mass is 15.3. The molecule has 2 aromatic rings. The van der Waals surface area contributed by atoms with Crippen molar-refractivity contribution in [1.82, 2.24) is 19.6 Å². The molecule has 0 aliphatic carbocycles. The molecule has 0 aliphatic rings. The fourth-order valence-corrected chi connectivity index (χ4v) is 0.780. The third-order valence-corrected chi connectivity index (χ3v) is 1.22. The van der Waals surface area contributed by atoms with Crippen LogP contribution in [0, 0.1) is 11.3 Å². The Morgan fingerprint density at radius 2 is 2.45 bits per heavy atom. The van der Waals surface area contributed by atoms with Gasteiger partial charge in [0.25, 0.3) is 11.6 Å². The molecule has 0 saturated heterocycles. The SMILES string of the molecule is N#Cc1nc2ncccn2n1. The van der Waals surface area contributed by atoms with Crippen LogP contribution in [-0.4, -0.2) is 19.6 Å². The molecular weight excluding hydrogens is 142 g/mol. The van der Waals surface area contributed by atoms with E-state index in [4.69, 9.17) is 5.26 Å². The van der Waals surface area contributed by atoms with Gasteiger partial charge in [0.05, 0.1) is 0 Å². The molecule has 0 aromatic carbocycles. The van der Waals surface area contributed by atoms with Gasteiger partial charge in [-0.15, -0.1) is 5.10 Å². The Morgan fingerprint density at radius 3 is 3.18 bits per heavy atom. The summed E-state index contributed by atoms with van der Waals surface area (Å²) in [6, 6.07) is 3.56. The first kappa shape index (κ1) is 5.80. The molecule has 0 unspecified atom stereocenters. The summed E-state index contributed by atoms with van der Waals surface area (Å²) in [6.07, 6.45) is 3.29. The molecule has 5 nitrogen and oxygen atoms in total. The van der Waals surface area contributed by atoms with Crippen LogP contribution in [0.3, 0.4) is 0 Å². The van der Waals surface area contributed by atoms with Gasteiger partial charge in [-0.25, -0.2) is 9.50 Å². The van der Waals surface area contributed by atoms with Gasteiger partial charge < -0.3 is 0 Å². The Kier molecular flexibility index (Phi) is 1.07. The molecule has 2 heterocycles. The van der Waals surface area contributed by atoms with Gasteiger partial charge in [-0.05, 0) is 6.07 Å². The summed E-state index contributed by atoms with van der Waals surface area (Å²) in [4.78, 5) is 7.70. The van der Waals surface area contributed by atoms with E-state index < -0.39 is 0 Å². The predicted molar refractivity (Wildman–Crippen MR) is 35.5 cm³/mol. The quantitative estimate of drug-likeness (QED) is 0.523. The summed E-state index contributed by atoms with van der Waals surface area (Å²) in [6.45, 7) is 0. The molecule has 0 bridgehead atoms. The van der Waals surface area contributed by atoms with Gasteiger partial charge in [0.2, 0.25) is 0 Å². The van der Waals surface area contributed by atoms with Crippen molar-refractivity contribution in [2.75, 3.05) is 0 Å². The highest BCUT2D eigenvalue weighted by molar-refractivity contribution is 5.28. The van der Waals surface area contributed by atoms with Crippen molar-refractivity contribution in [2.45, 2.75) is 0 Å². The second kappa shape index (κ2) is 2.02. The lowest BCUT2D eigenvalue weighted by Crippen LogP contribution is -1.87. The van der Waals surface area contributed by atoms with Crippen molar-refractivity contribution in [1.29, 1.82) is 5.26 Å². The largest absolute Gasteiger partial charge is 0.254 e. The van der Waals surface area contributed by atoms with Crippen LogP contribution in [0.4, 0.5) is 0 Å². The van der Waals surface area contributed by atoms with E-state index in [1.54, 1.807) is 18.5 Å². The zero-order chi connectivity index (χ0) is 7.68. The van der Waals surface area contributed by atoms with E-state index in [0.717, 1.165) is 0 Å². The standard InChI is InChI=1S/C6H3N5/c7-4-5-9-6-8-2-1-3-11(6)10-5/h1-3H. The lowest BCUT2D eigenvalue weighted by atomic mass is 10.7. The molecule has 0 fully saturated rings. The minimum absolute atomic E-state index is 0.142. The monoisotopic (exact) mass is 145 g/mol. The molecule has 0 radical (unpaired) electrons. The zero-order valence-corrected chi connectivity index (χ0v) is 5.47. The summed E-state index contributed by atoms with van der Waals surface area (Å²) in [5.74, 6) is 0.591. The first-order chi connectivity index (χ1) is 5.40. The van der Waals surface area contributed by atoms with Gasteiger partial charge in [0.1, 0.15) is 6.07 Å². The molecule has 0 saturated carbocycles. The zero-order valence-electron chi connectivity index (χ0n) is 5.47. The van der Waals surface area contributed by atoms with Crippen molar-refractivity contribution in [3.63, 3.8) is 0 Å². The smallest absolute Gasteiger partial charge is 0.220 e. The summed E-state index contributed by atoms with van der Waals surface area (Å²) in [5, 5.41) is 12.2. The van der Waals surface area contributed by atoms with Gasteiger partial charge in [-0.1, -0.05) is 0 Å². The second-order valence-corrected chi connectivity index (χ2v) is 1.91. The summed E-state index contributed by atoms with van der Waals surface area (Å²) in [7, 11) is 0. The van der Waals surface area contributed by atoms with Gasteiger partial charge in [0.15, 0.2) is 0 Å². The number of hydrogen-bond donors (Lipinski definition) is 0. The first-order valence-electron chi connectivity index (χ1n) is 2.97. The molecule has 0 N–H and O–H groups in total. The van der Waals surface area contributed by atoms with Crippen molar-refractivity contribution >= 4 is 5.78 Å². The van der Waals surface area contributed by atoms with E-state index in [9.17, 15) is 0 Å². The van der Waals surface area contributed by atoms with Crippen molar-refractivity contribution in [2.24, 2.45) is 0 Å². The van der Waals surface area contributed by atoms with Crippen LogP contribution in [0.25, 0.3) is 5.78 Å². The van der Waals surface area contributed by atoms with E-state index in [0.29, 0.717) is 5.78 Å². The Bertz CT molecular complexity index is 391. The first-order valence-corrected chi connectivity index (χ1v) is 2.97. The third kappa shape index (κ3) is 0.809. The number of aromatic nitrogens is 4. The topological polar surface area (TPSA) is 66.9 Å². The van der Waals surface area contributed by atoms with Crippen LogP contribution >= 0.6 is 0 Å². The lowest BCUT2D eigenvalue weighted by Gasteiger charge is -1.83. The molecule has 0 atom stereocenters. The number of nitrogens with zero attached hydrogens (tertiary/aromatic N) is 5. The van der Waals surface area contributed by atoms with E-state index in [2.05, 4.69) is 15.1 Å². The molecule has 0 amide bonds. The maximum absolute atomic E-state index is 8.42. The number of nitriles is 1. The molecule has 5 heteroatoms. The molecule has 52 valence electrons. The molecular formula is C6H3N5. The molecule has 2 rings (SSSR count). The summed E-state index contributed by atoms with van der Waals surface area (Å²) >= 11 is 0. The highest BCUT2D eigenvalue weighted by Crippen LogP contribution is 1.93. The van der Waals surface area contributed by atoms with E-state index in [1.165, 1.54) is 4.52 Å². The minimum atomic E-state index is 0.142. The lowest BCUT2D eigenvalue weighted by molar-refractivity contribution is 0.930. The fraction of sp³-hybridized carbons (Fsp3) is 0. The van der Waals surface area contributed by atoms with Crippen LogP contribution < -0.4 is 0 Å². The van der Waals surface area contributed by atoms with E-state index in [-0.39, 0.29) is 5.82 Å². The second-order valence-electron chi connectivity index (χ2n) is 1.91. The maximum Gasteiger partial charge on any atom is 0.254 e. The van der Waals surface area contributed by atoms with Crippen molar-refractivity contribution in [3.05, 3.63) is 24.3 Å². The van der Waals surface area contributed by atoms with Gasteiger partial charge >= 0.3 is 0 Å². The third-order valence-electron chi connectivity index (χ3n) is 1.22. The van der Waals surface area contributed by atoms with Gasteiger partial charge in [-0.3, -0.25) is 0 Å². The Hall–Kier alpha value is -1.96.